The maximum atomic E-state index is 9.24. The van der Waals surface area contributed by atoms with Crippen molar-refractivity contribution in [2.24, 2.45) is 0 Å². The number of aromatic hydroxyl groups is 1. The molecule has 0 atom stereocenters. The van der Waals surface area contributed by atoms with Gasteiger partial charge in [0.1, 0.15) is 11.6 Å². The molecule has 0 aliphatic carbocycles. The highest BCUT2D eigenvalue weighted by Crippen LogP contribution is 2.24. The van der Waals surface area contributed by atoms with Crippen LogP contribution in [0.1, 0.15) is 5.69 Å². The predicted molar refractivity (Wildman–Crippen MR) is 52.6 cm³/mol. The van der Waals surface area contributed by atoms with Gasteiger partial charge >= 0.3 is 0 Å². The van der Waals surface area contributed by atoms with Crippen molar-refractivity contribution in [3.05, 3.63) is 30.0 Å². The first-order valence-electron chi connectivity index (χ1n) is 4.02. The number of nitrogens with zero attached hydrogens (tertiary/aromatic N) is 1. The van der Waals surface area contributed by atoms with Crippen molar-refractivity contribution in [2.45, 2.75) is 6.92 Å². The van der Waals surface area contributed by atoms with Gasteiger partial charge in [0.2, 0.25) is 0 Å². The molecule has 13 heavy (non-hydrogen) atoms. The summed E-state index contributed by atoms with van der Waals surface area (Å²) in [5.74, 6) is 0.677. The van der Waals surface area contributed by atoms with E-state index in [0.717, 1.165) is 16.5 Å². The van der Waals surface area contributed by atoms with Gasteiger partial charge in [-0.2, -0.15) is 0 Å². The molecule has 2 aromatic rings. The summed E-state index contributed by atoms with van der Waals surface area (Å²) in [5.41, 5.74) is 6.59. The van der Waals surface area contributed by atoms with Gasteiger partial charge in [0.25, 0.3) is 0 Å². The minimum absolute atomic E-state index is 0.213. The van der Waals surface area contributed by atoms with Gasteiger partial charge in [0.05, 0.1) is 0 Å². The lowest BCUT2D eigenvalue weighted by atomic mass is 10.1. The smallest absolute Gasteiger partial charge is 0.131 e. The monoisotopic (exact) mass is 174 g/mol. The van der Waals surface area contributed by atoms with Gasteiger partial charge in [-0.15, -0.1) is 0 Å². The topological polar surface area (TPSA) is 59.1 Å². The zero-order chi connectivity index (χ0) is 9.42. The van der Waals surface area contributed by atoms with Crippen molar-refractivity contribution in [1.82, 2.24) is 4.98 Å². The fraction of sp³-hybridized carbons (Fsp3) is 0.100. The number of rotatable bonds is 0. The maximum absolute atomic E-state index is 9.24. The number of anilines is 1. The quantitative estimate of drug-likeness (QED) is 0.640. The highest BCUT2D eigenvalue weighted by atomic mass is 16.3. The molecule has 1 aromatic carbocycles. The number of benzene rings is 1. The van der Waals surface area contributed by atoms with E-state index in [0.29, 0.717) is 5.82 Å². The molecule has 0 aliphatic rings. The summed E-state index contributed by atoms with van der Waals surface area (Å²) in [4.78, 5) is 4.11. The lowest BCUT2D eigenvalue weighted by Gasteiger charge is -2.03. The van der Waals surface area contributed by atoms with Crippen molar-refractivity contribution in [1.29, 1.82) is 0 Å². The van der Waals surface area contributed by atoms with Crippen LogP contribution in [0.25, 0.3) is 10.8 Å². The molecule has 1 heterocycles. The molecular weight excluding hydrogens is 164 g/mol. The molecule has 0 fully saturated rings. The Morgan fingerprint density at radius 1 is 1.31 bits per heavy atom. The van der Waals surface area contributed by atoms with Crippen LogP contribution in [-0.2, 0) is 0 Å². The summed E-state index contributed by atoms with van der Waals surface area (Å²) in [7, 11) is 0. The van der Waals surface area contributed by atoms with Crippen LogP contribution in [0.5, 0.6) is 5.75 Å². The molecule has 0 saturated heterocycles. The normalized spacial score (nSPS) is 10.5. The van der Waals surface area contributed by atoms with Crippen molar-refractivity contribution in [2.75, 3.05) is 5.73 Å². The Kier molecular flexibility index (Phi) is 1.59. The van der Waals surface area contributed by atoms with Crippen LogP contribution in [0.15, 0.2) is 24.3 Å². The molecule has 0 unspecified atom stereocenters. The molecule has 0 aliphatic heterocycles. The third-order valence-corrected chi connectivity index (χ3v) is 1.97. The van der Waals surface area contributed by atoms with Crippen LogP contribution < -0.4 is 5.73 Å². The van der Waals surface area contributed by atoms with E-state index in [1.165, 1.54) is 0 Å². The van der Waals surface area contributed by atoms with E-state index in [1.54, 1.807) is 12.1 Å². The molecule has 1 aromatic heterocycles. The second-order valence-corrected chi connectivity index (χ2v) is 3.05. The lowest BCUT2D eigenvalue weighted by Crippen LogP contribution is -1.93. The van der Waals surface area contributed by atoms with Gasteiger partial charge < -0.3 is 10.8 Å². The summed E-state index contributed by atoms with van der Waals surface area (Å²) in [6, 6.07) is 7.03. The number of nitrogens with two attached hydrogens (primary N) is 1. The van der Waals surface area contributed by atoms with E-state index in [2.05, 4.69) is 4.98 Å². The number of aryl methyl sites for hydroxylation is 1. The van der Waals surface area contributed by atoms with Gasteiger partial charge in [-0.1, -0.05) is 6.07 Å². The van der Waals surface area contributed by atoms with E-state index in [-0.39, 0.29) is 5.75 Å². The first-order chi connectivity index (χ1) is 6.16. The molecule has 0 radical (unpaired) electrons. The first kappa shape index (κ1) is 7.86. The van der Waals surface area contributed by atoms with Crippen LogP contribution >= 0.6 is 0 Å². The highest BCUT2D eigenvalue weighted by Gasteiger charge is 2.01. The minimum Gasteiger partial charge on any atom is -0.508 e. The van der Waals surface area contributed by atoms with E-state index >= 15 is 0 Å². The Balaban J connectivity index is 2.87. The zero-order valence-electron chi connectivity index (χ0n) is 7.28. The molecule has 0 spiro atoms. The van der Waals surface area contributed by atoms with Crippen LogP contribution in [0.2, 0.25) is 0 Å². The van der Waals surface area contributed by atoms with E-state index in [9.17, 15) is 5.11 Å². The SMILES string of the molecule is Cc1cc2ccc(O)cc2c(N)n1. The number of fused-ring (bicyclic) bond motifs is 1. The standard InChI is InChI=1S/C10H10N2O/c1-6-4-7-2-3-8(13)5-9(7)10(11)12-6/h2-5,13H,1H3,(H2,11,12). The molecule has 3 N–H and O–H groups in total. The Bertz CT molecular complexity index is 466. The number of pyridine rings is 1. The number of phenols is 1. The Hall–Kier alpha value is -1.77. The minimum atomic E-state index is 0.213. The van der Waals surface area contributed by atoms with E-state index in [1.807, 2.05) is 19.1 Å². The summed E-state index contributed by atoms with van der Waals surface area (Å²) >= 11 is 0. The van der Waals surface area contributed by atoms with Crippen molar-refractivity contribution in [3.63, 3.8) is 0 Å². The van der Waals surface area contributed by atoms with Gasteiger partial charge in [-0.05, 0) is 30.5 Å². The summed E-state index contributed by atoms with van der Waals surface area (Å²) in [6.07, 6.45) is 0. The molecule has 0 amide bonds. The van der Waals surface area contributed by atoms with Crippen LogP contribution in [-0.4, -0.2) is 10.1 Å². The fourth-order valence-corrected chi connectivity index (χ4v) is 1.40. The lowest BCUT2D eigenvalue weighted by molar-refractivity contribution is 0.476. The third-order valence-electron chi connectivity index (χ3n) is 1.97. The average molecular weight is 174 g/mol. The maximum Gasteiger partial charge on any atom is 0.131 e. The number of hydrogen-bond donors (Lipinski definition) is 2. The third kappa shape index (κ3) is 1.28. The van der Waals surface area contributed by atoms with Crippen molar-refractivity contribution >= 4 is 16.6 Å². The van der Waals surface area contributed by atoms with Crippen molar-refractivity contribution < 1.29 is 5.11 Å². The average Bonchev–Trinajstić information content (AvgIpc) is 2.06. The van der Waals surface area contributed by atoms with Gasteiger partial charge in [-0.25, -0.2) is 4.98 Å². The molecular formula is C10H10N2O. The Morgan fingerprint density at radius 3 is 2.85 bits per heavy atom. The van der Waals surface area contributed by atoms with Gasteiger partial charge in [0.15, 0.2) is 0 Å². The molecule has 0 saturated carbocycles. The summed E-state index contributed by atoms with van der Waals surface area (Å²) in [5, 5.41) is 11.0. The molecule has 66 valence electrons. The second-order valence-electron chi connectivity index (χ2n) is 3.05. The molecule has 3 heteroatoms. The first-order valence-corrected chi connectivity index (χ1v) is 4.02. The number of hydrogen-bond acceptors (Lipinski definition) is 3. The van der Waals surface area contributed by atoms with Crippen LogP contribution in [0.4, 0.5) is 5.82 Å². The van der Waals surface area contributed by atoms with E-state index in [4.69, 9.17) is 5.73 Å². The van der Waals surface area contributed by atoms with E-state index < -0.39 is 0 Å². The Labute approximate surface area is 75.8 Å². The molecule has 0 bridgehead atoms. The molecule has 2 rings (SSSR count). The highest BCUT2D eigenvalue weighted by molar-refractivity contribution is 5.92. The van der Waals surface area contributed by atoms with Crippen LogP contribution in [0.3, 0.4) is 0 Å². The van der Waals surface area contributed by atoms with Crippen LogP contribution in [0, 0.1) is 6.92 Å². The van der Waals surface area contributed by atoms with Crippen molar-refractivity contribution in [3.8, 4) is 5.75 Å². The number of phenolic OH excluding ortho intramolecular Hbond substituents is 1. The van der Waals surface area contributed by atoms with Gasteiger partial charge in [0, 0.05) is 11.1 Å². The summed E-state index contributed by atoms with van der Waals surface area (Å²) < 4.78 is 0. The Morgan fingerprint density at radius 2 is 2.08 bits per heavy atom. The predicted octanol–water partition coefficient (Wildman–Crippen LogP) is 1.83. The second kappa shape index (κ2) is 2.62. The fourth-order valence-electron chi connectivity index (χ4n) is 1.40. The van der Waals surface area contributed by atoms with Gasteiger partial charge in [-0.3, -0.25) is 0 Å². The summed E-state index contributed by atoms with van der Waals surface area (Å²) in [6.45, 7) is 1.89. The molecule has 3 nitrogen and oxygen atoms in total. The number of nitrogen functional groups attached to an aromatic ring is 1. The zero-order valence-corrected chi connectivity index (χ0v) is 7.28. The largest absolute Gasteiger partial charge is 0.508 e. The number of aromatic nitrogens is 1.